The third kappa shape index (κ3) is 6.59. The molecule has 3 rings (SSSR count). The quantitative estimate of drug-likeness (QED) is 0.662. The summed E-state index contributed by atoms with van der Waals surface area (Å²) in [5, 5.41) is 20.8. The third-order valence-electron chi connectivity index (χ3n) is 6.88. The molecule has 3 atom stereocenters. The number of aliphatic hydroxyl groups excluding tert-OH is 2. The van der Waals surface area contributed by atoms with E-state index < -0.39 is 18.3 Å². The van der Waals surface area contributed by atoms with Crippen molar-refractivity contribution in [3.8, 4) is 0 Å². The molecular weight excluding hydrogens is 440 g/mol. The molecule has 9 nitrogen and oxygen atoms in total. The van der Waals surface area contributed by atoms with Crippen LogP contribution in [0.4, 0.5) is 0 Å². The number of hydrogen-bond donors (Lipinski definition) is 2. The number of furan rings is 1. The van der Waals surface area contributed by atoms with Gasteiger partial charge in [0.05, 0.1) is 12.2 Å². The van der Waals surface area contributed by atoms with Gasteiger partial charge in [0.15, 0.2) is 0 Å². The molecule has 9 heteroatoms. The van der Waals surface area contributed by atoms with Crippen LogP contribution in [0.2, 0.25) is 0 Å². The van der Waals surface area contributed by atoms with Gasteiger partial charge in [-0.1, -0.05) is 0 Å². The first kappa shape index (κ1) is 26.7. The molecule has 34 heavy (non-hydrogen) atoms. The predicted octanol–water partition coefficient (Wildman–Crippen LogP) is 1.69. The van der Waals surface area contributed by atoms with Crippen LogP contribution in [0.25, 0.3) is 0 Å². The summed E-state index contributed by atoms with van der Waals surface area (Å²) in [6.45, 7) is 5.38. The van der Waals surface area contributed by atoms with Crippen molar-refractivity contribution in [1.29, 1.82) is 0 Å². The standard InChI is InChI=1S/C25H40N2O7/c1-17-23(19-9-4-5-10-21(19)34-17)25(31)26-11-6-7-14-33-16-20(29)24(30)22(32-3)15-27(18(2)28)13-8-12-26/h20,22,24,29-30H,4-16H2,1-3H3/t20-,22-,24-/m0/s1. The van der Waals surface area contributed by atoms with E-state index in [9.17, 15) is 19.8 Å². The third-order valence-corrected chi connectivity index (χ3v) is 6.88. The minimum Gasteiger partial charge on any atom is -0.465 e. The van der Waals surface area contributed by atoms with E-state index in [4.69, 9.17) is 13.9 Å². The number of amides is 2. The molecule has 1 fully saturated rings. The number of fused-ring (bicyclic) bond motifs is 1. The molecule has 2 aliphatic rings. The topological polar surface area (TPSA) is 113 Å². The van der Waals surface area contributed by atoms with Gasteiger partial charge in [-0.05, 0) is 45.4 Å². The van der Waals surface area contributed by atoms with Crippen LogP contribution in [-0.2, 0) is 27.1 Å². The Balaban J connectivity index is 1.76. The van der Waals surface area contributed by atoms with Gasteiger partial charge in [-0.3, -0.25) is 9.59 Å². The first-order chi connectivity index (χ1) is 16.3. The highest BCUT2D eigenvalue weighted by molar-refractivity contribution is 5.97. The molecule has 1 saturated heterocycles. The average molecular weight is 481 g/mol. The highest BCUT2D eigenvalue weighted by Gasteiger charge is 2.31. The Bertz CT molecular complexity index is 824. The summed E-state index contributed by atoms with van der Waals surface area (Å²) in [6.07, 6.45) is 2.94. The lowest BCUT2D eigenvalue weighted by molar-refractivity contribution is -0.136. The minimum absolute atomic E-state index is 0.00961. The van der Waals surface area contributed by atoms with Crippen molar-refractivity contribution in [2.45, 2.75) is 77.1 Å². The molecule has 192 valence electrons. The lowest BCUT2D eigenvalue weighted by Gasteiger charge is -2.31. The predicted molar refractivity (Wildman–Crippen MR) is 126 cm³/mol. The van der Waals surface area contributed by atoms with E-state index in [1.165, 1.54) is 14.0 Å². The van der Waals surface area contributed by atoms with Crippen molar-refractivity contribution in [2.24, 2.45) is 0 Å². The highest BCUT2D eigenvalue weighted by atomic mass is 16.5. The largest absolute Gasteiger partial charge is 0.465 e. The summed E-state index contributed by atoms with van der Waals surface area (Å²) in [7, 11) is 1.45. The molecule has 1 aromatic rings. The van der Waals surface area contributed by atoms with E-state index in [1.54, 1.807) is 4.90 Å². The van der Waals surface area contributed by atoms with Gasteiger partial charge < -0.3 is 33.9 Å². The number of carbonyl (C=O) groups excluding carboxylic acids is 2. The zero-order valence-corrected chi connectivity index (χ0v) is 20.8. The second-order valence-corrected chi connectivity index (χ2v) is 9.37. The maximum absolute atomic E-state index is 13.6. The van der Waals surface area contributed by atoms with Gasteiger partial charge in [-0.15, -0.1) is 0 Å². The Labute approximate surface area is 202 Å². The van der Waals surface area contributed by atoms with Crippen LogP contribution in [0, 0.1) is 6.92 Å². The fourth-order valence-electron chi connectivity index (χ4n) is 4.88. The van der Waals surface area contributed by atoms with Crippen molar-refractivity contribution in [1.82, 2.24) is 9.80 Å². The number of methoxy groups -OCH3 is 1. The Kier molecular flexibility index (Phi) is 9.94. The Morgan fingerprint density at radius 3 is 2.44 bits per heavy atom. The van der Waals surface area contributed by atoms with E-state index in [0.717, 1.165) is 49.8 Å². The summed E-state index contributed by atoms with van der Waals surface area (Å²) in [6, 6.07) is 0. The van der Waals surface area contributed by atoms with Gasteiger partial charge >= 0.3 is 0 Å². The number of aliphatic hydroxyl groups is 2. The first-order valence-corrected chi connectivity index (χ1v) is 12.5. The van der Waals surface area contributed by atoms with Crippen LogP contribution in [0.15, 0.2) is 4.42 Å². The number of rotatable bonds is 2. The minimum atomic E-state index is -1.18. The second kappa shape index (κ2) is 12.7. The molecule has 2 heterocycles. The molecule has 0 saturated carbocycles. The summed E-state index contributed by atoms with van der Waals surface area (Å²) in [4.78, 5) is 29.3. The number of aryl methyl sites for hydroxylation is 2. The van der Waals surface area contributed by atoms with Crippen LogP contribution in [0.5, 0.6) is 0 Å². The molecule has 1 aliphatic carbocycles. The van der Waals surface area contributed by atoms with E-state index in [1.807, 2.05) is 11.8 Å². The summed E-state index contributed by atoms with van der Waals surface area (Å²) in [5.74, 6) is 1.48. The van der Waals surface area contributed by atoms with Gasteiger partial charge in [0.1, 0.15) is 29.8 Å². The zero-order chi connectivity index (χ0) is 24.7. The van der Waals surface area contributed by atoms with Crippen LogP contribution < -0.4 is 0 Å². The first-order valence-electron chi connectivity index (χ1n) is 12.5. The smallest absolute Gasteiger partial charge is 0.257 e. The second-order valence-electron chi connectivity index (χ2n) is 9.37. The maximum atomic E-state index is 13.6. The van der Waals surface area contributed by atoms with E-state index in [-0.39, 0.29) is 25.0 Å². The van der Waals surface area contributed by atoms with Gasteiger partial charge in [0.2, 0.25) is 5.91 Å². The van der Waals surface area contributed by atoms with E-state index in [2.05, 4.69) is 0 Å². The van der Waals surface area contributed by atoms with Crippen molar-refractivity contribution in [3.05, 3.63) is 22.6 Å². The molecule has 1 aliphatic heterocycles. The molecule has 0 aromatic carbocycles. The lowest BCUT2D eigenvalue weighted by atomic mass is 9.94. The molecule has 2 amide bonds. The van der Waals surface area contributed by atoms with Crippen LogP contribution in [-0.4, -0.2) is 96.6 Å². The van der Waals surface area contributed by atoms with Crippen molar-refractivity contribution in [2.75, 3.05) is 46.5 Å². The lowest BCUT2D eigenvalue weighted by Crippen LogP contribution is -2.48. The summed E-state index contributed by atoms with van der Waals surface area (Å²) in [5.41, 5.74) is 1.77. The van der Waals surface area contributed by atoms with Crippen LogP contribution in [0.3, 0.4) is 0 Å². The molecular formula is C25H40N2O7. The van der Waals surface area contributed by atoms with Gasteiger partial charge in [-0.2, -0.15) is 0 Å². The average Bonchev–Trinajstić information content (AvgIpc) is 3.15. The van der Waals surface area contributed by atoms with Crippen molar-refractivity contribution < 1.29 is 33.7 Å². The van der Waals surface area contributed by atoms with Crippen LogP contribution >= 0.6 is 0 Å². The van der Waals surface area contributed by atoms with E-state index >= 15 is 0 Å². The summed E-state index contributed by atoms with van der Waals surface area (Å²) < 4.78 is 16.9. The molecule has 0 bridgehead atoms. The summed E-state index contributed by atoms with van der Waals surface area (Å²) >= 11 is 0. The Morgan fingerprint density at radius 2 is 1.71 bits per heavy atom. The molecule has 0 radical (unpaired) electrons. The monoisotopic (exact) mass is 480 g/mol. The SMILES string of the molecule is CO[C@H]1CN(C(C)=O)CCCN(C(=O)c2c(C)oc3c2CCCC3)CCCCOC[C@H](O)[C@@H]1O. The Morgan fingerprint density at radius 1 is 1.00 bits per heavy atom. The van der Waals surface area contributed by atoms with Gasteiger partial charge in [0, 0.05) is 58.8 Å². The van der Waals surface area contributed by atoms with Gasteiger partial charge in [-0.25, -0.2) is 0 Å². The zero-order valence-electron chi connectivity index (χ0n) is 20.8. The molecule has 2 N–H and O–H groups in total. The fraction of sp³-hybridized carbons (Fsp3) is 0.760. The molecule has 1 aromatic heterocycles. The number of hydrogen-bond acceptors (Lipinski definition) is 7. The molecule has 0 spiro atoms. The van der Waals surface area contributed by atoms with E-state index in [0.29, 0.717) is 44.0 Å². The highest BCUT2D eigenvalue weighted by Crippen LogP contribution is 2.30. The number of carbonyl (C=O) groups is 2. The fourth-order valence-corrected chi connectivity index (χ4v) is 4.88. The van der Waals surface area contributed by atoms with Gasteiger partial charge in [0.25, 0.3) is 5.91 Å². The van der Waals surface area contributed by atoms with Crippen LogP contribution in [0.1, 0.15) is 66.5 Å². The molecule has 0 unspecified atom stereocenters. The van der Waals surface area contributed by atoms with Crippen molar-refractivity contribution >= 4 is 11.8 Å². The number of ether oxygens (including phenoxy) is 2. The number of nitrogens with zero attached hydrogens (tertiary/aromatic N) is 2. The maximum Gasteiger partial charge on any atom is 0.257 e. The Hall–Kier alpha value is -1.94. The van der Waals surface area contributed by atoms with Crippen molar-refractivity contribution in [3.63, 3.8) is 0 Å². The normalized spacial score (nSPS) is 25.9.